The summed E-state index contributed by atoms with van der Waals surface area (Å²) in [6.45, 7) is 5.88. The molecule has 0 unspecified atom stereocenters. The van der Waals surface area contributed by atoms with Crippen molar-refractivity contribution in [2.24, 2.45) is 0 Å². The largest absolute Gasteiger partial charge is 0.478 e. The van der Waals surface area contributed by atoms with E-state index in [9.17, 15) is 4.79 Å². The summed E-state index contributed by atoms with van der Waals surface area (Å²) < 4.78 is 0. The fourth-order valence-corrected chi connectivity index (χ4v) is 0.634. The van der Waals surface area contributed by atoms with Gasteiger partial charge in [-0.2, -0.15) is 0 Å². The fraction of sp³-hybridized carbons (Fsp3) is 0.300. The normalized spacial score (nSPS) is 13.9. The number of carboxylic acid groups (broad SMARTS) is 1. The highest BCUT2D eigenvalue weighted by atomic mass is 16.4. The molecule has 0 aliphatic rings. The molecule has 0 saturated carbocycles. The Kier molecular flexibility index (Phi) is 4.77. The fourth-order valence-electron chi connectivity index (χ4n) is 0.634. The molecule has 12 heavy (non-hydrogen) atoms. The monoisotopic (exact) mass is 166 g/mol. The minimum absolute atomic E-state index is 0.919. The van der Waals surface area contributed by atoms with Gasteiger partial charge in [-0.15, -0.1) is 0 Å². The van der Waals surface area contributed by atoms with E-state index in [1.165, 1.54) is 6.08 Å². The van der Waals surface area contributed by atoms with Gasteiger partial charge in [0.15, 0.2) is 0 Å². The summed E-state index contributed by atoms with van der Waals surface area (Å²) in [7, 11) is 0. The summed E-state index contributed by atoms with van der Waals surface area (Å²) in [5.74, 6) is -0.919. The number of rotatable bonds is 3. The lowest BCUT2D eigenvalue weighted by atomic mass is 10.1. The Morgan fingerprint density at radius 1 is 1.25 bits per heavy atom. The molecule has 0 amide bonds. The van der Waals surface area contributed by atoms with E-state index in [2.05, 4.69) is 0 Å². The van der Waals surface area contributed by atoms with Gasteiger partial charge in [0.05, 0.1) is 0 Å². The zero-order chi connectivity index (χ0) is 9.56. The van der Waals surface area contributed by atoms with Gasteiger partial charge in [0.1, 0.15) is 0 Å². The lowest BCUT2D eigenvalue weighted by molar-refractivity contribution is -0.131. The predicted molar refractivity (Wildman–Crippen MR) is 50.0 cm³/mol. The molecule has 0 spiro atoms. The zero-order valence-corrected chi connectivity index (χ0v) is 7.66. The first-order chi connectivity index (χ1) is 5.57. The first kappa shape index (κ1) is 10.7. The molecule has 0 saturated heterocycles. The third kappa shape index (κ3) is 4.50. The van der Waals surface area contributed by atoms with Crippen LogP contribution in [0.1, 0.15) is 20.8 Å². The molecule has 0 radical (unpaired) electrons. The lowest BCUT2D eigenvalue weighted by Gasteiger charge is -1.96. The van der Waals surface area contributed by atoms with E-state index in [0.29, 0.717) is 0 Å². The van der Waals surface area contributed by atoms with Crippen molar-refractivity contribution >= 4 is 5.97 Å². The number of hydrogen-bond acceptors (Lipinski definition) is 1. The minimum Gasteiger partial charge on any atom is -0.478 e. The van der Waals surface area contributed by atoms with Crippen LogP contribution in [0, 0.1) is 0 Å². The molecule has 0 aliphatic carbocycles. The van der Waals surface area contributed by atoms with Crippen LogP contribution in [-0.4, -0.2) is 11.1 Å². The minimum atomic E-state index is -0.919. The van der Waals surface area contributed by atoms with Crippen LogP contribution < -0.4 is 0 Å². The van der Waals surface area contributed by atoms with Gasteiger partial charge in [-0.05, 0) is 26.3 Å². The van der Waals surface area contributed by atoms with Crippen molar-refractivity contribution in [1.82, 2.24) is 0 Å². The van der Waals surface area contributed by atoms with Gasteiger partial charge in [-0.1, -0.05) is 23.8 Å². The van der Waals surface area contributed by atoms with E-state index in [1.54, 1.807) is 6.08 Å². The van der Waals surface area contributed by atoms with Gasteiger partial charge < -0.3 is 5.11 Å². The first-order valence-corrected chi connectivity index (χ1v) is 3.79. The molecule has 0 aromatic carbocycles. The maximum Gasteiger partial charge on any atom is 0.328 e. The Morgan fingerprint density at radius 2 is 1.83 bits per heavy atom. The summed E-state index contributed by atoms with van der Waals surface area (Å²) in [4.78, 5) is 10.1. The Morgan fingerprint density at radius 3 is 2.25 bits per heavy atom. The summed E-state index contributed by atoms with van der Waals surface area (Å²) in [6.07, 6.45) is 6.42. The van der Waals surface area contributed by atoms with Crippen LogP contribution in [0.3, 0.4) is 0 Å². The molecule has 2 heteroatoms. The van der Waals surface area contributed by atoms with Gasteiger partial charge >= 0.3 is 5.97 Å². The average molecular weight is 166 g/mol. The van der Waals surface area contributed by atoms with E-state index >= 15 is 0 Å². The summed E-state index contributed by atoms with van der Waals surface area (Å²) in [6, 6.07) is 0. The number of carboxylic acids is 1. The van der Waals surface area contributed by atoms with Crippen molar-refractivity contribution < 1.29 is 9.90 Å². The molecule has 0 aliphatic heterocycles. The topological polar surface area (TPSA) is 37.3 Å². The van der Waals surface area contributed by atoms with Crippen LogP contribution >= 0.6 is 0 Å². The first-order valence-electron chi connectivity index (χ1n) is 3.79. The summed E-state index contributed by atoms with van der Waals surface area (Å²) in [5, 5.41) is 8.29. The lowest BCUT2D eigenvalue weighted by Crippen LogP contribution is -1.85. The molecular formula is C10H14O2. The van der Waals surface area contributed by atoms with Crippen LogP contribution in [0.25, 0.3) is 0 Å². The molecule has 0 fully saturated rings. The number of hydrogen-bond donors (Lipinski definition) is 1. The van der Waals surface area contributed by atoms with E-state index in [-0.39, 0.29) is 0 Å². The second kappa shape index (κ2) is 5.35. The second-order valence-corrected chi connectivity index (χ2v) is 2.52. The van der Waals surface area contributed by atoms with E-state index < -0.39 is 5.97 Å². The van der Waals surface area contributed by atoms with Crippen molar-refractivity contribution in [3.05, 3.63) is 35.5 Å². The Balaban J connectivity index is 4.29. The van der Waals surface area contributed by atoms with Crippen LogP contribution in [0.2, 0.25) is 0 Å². The quantitative estimate of drug-likeness (QED) is 0.516. The number of aliphatic carboxylic acids is 1. The van der Waals surface area contributed by atoms with Crippen molar-refractivity contribution in [1.29, 1.82) is 0 Å². The van der Waals surface area contributed by atoms with Crippen molar-refractivity contribution in [2.45, 2.75) is 20.8 Å². The van der Waals surface area contributed by atoms with Crippen LogP contribution in [0.4, 0.5) is 0 Å². The highest BCUT2D eigenvalue weighted by molar-refractivity contribution is 5.80. The average Bonchev–Trinajstić information content (AvgIpc) is 2.02. The molecule has 0 aromatic heterocycles. The Hall–Kier alpha value is -1.31. The standard InChI is InChI=1S/C10H14O2/c1-4-8(2)9(3)6-5-7-10(11)12/h4-7H,1-3H3,(H,11,12)/b7-5+,8-4+,9-6-. The van der Waals surface area contributed by atoms with E-state index in [1.807, 2.05) is 26.8 Å². The van der Waals surface area contributed by atoms with Crippen LogP contribution in [-0.2, 0) is 4.79 Å². The van der Waals surface area contributed by atoms with Gasteiger partial charge in [0.25, 0.3) is 0 Å². The van der Waals surface area contributed by atoms with E-state index in [0.717, 1.165) is 17.2 Å². The molecule has 1 N–H and O–H groups in total. The van der Waals surface area contributed by atoms with E-state index in [4.69, 9.17) is 5.11 Å². The number of carbonyl (C=O) groups is 1. The summed E-state index contributed by atoms with van der Waals surface area (Å²) in [5.41, 5.74) is 2.24. The van der Waals surface area contributed by atoms with Crippen LogP contribution in [0.5, 0.6) is 0 Å². The Bertz CT molecular complexity index is 245. The Labute approximate surface area is 72.9 Å². The molecule has 0 atom stereocenters. The summed E-state index contributed by atoms with van der Waals surface area (Å²) >= 11 is 0. The highest BCUT2D eigenvalue weighted by Crippen LogP contribution is 2.06. The maximum absolute atomic E-state index is 10.1. The molecule has 0 aromatic rings. The van der Waals surface area contributed by atoms with Gasteiger partial charge in [0.2, 0.25) is 0 Å². The van der Waals surface area contributed by atoms with Crippen molar-refractivity contribution in [3.8, 4) is 0 Å². The molecule has 2 nitrogen and oxygen atoms in total. The third-order valence-electron chi connectivity index (χ3n) is 1.64. The van der Waals surface area contributed by atoms with Gasteiger partial charge in [-0.25, -0.2) is 4.79 Å². The van der Waals surface area contributed by atoms with Crippen molar-refractivity contribution in [3.63, 3.8) is 0 Å². The number of allylic oxidation sites excluding steroid dienone is 5. The maximum atomic E-state index is 10.1. The predicted octanol–water partition coefficient (Wildman–Crippen LogP) is 2.54. The van der Waals surface area contributed by atoms with Crippen molar-refractivity contribution in [2.75, 3.05) is 0 Å². The zero-order valence-electron chi connectivity index (χ0n) is 7.66. The molecule has 0 heterocycles. The molecule has 66 valence electrons. The molecule has 0 bridgehead atoms. The van der Waals surface area contributed by atoms with Gasteiger partial charge in [-0.3, -0.25) is 0 Å². The molecular weight excluding hydrogens is 152 g/mol. The smallest absolute Gasteiger partial charge is 0.328 e. The molecule has 0 rings (SSSR count). The third-order valence-corrected chi connectivity index (χ3v) is 1.64. The SMILES string of the molecule is C/C=C(C)/C(C)=C\C=C\C(=O)O. The second-order valence-electron chi connectivity index (χ2n) is 2.52. The highest BCUT2D eigenvalue weighted by Gasteiger charge is 1.88. The van der Waals surface area contributed by atoms with Gasteiger partial charge in [0, 0.05) is 6.08 Å². The van der Waals surface area contributed by atoms with Crippen LogP contribution in [0.15, 0.2) is 35.5 Å².